The predicted octanol–water partition coefficient (Wildman–Crippen LogP) is 3.61. The van der Waals surface area contributed by atoms with Gasteiger partial charge in [-0.3, -0.25) is 4.79 Å². The first-order valence-electron chi connectivity index (χ1n) is 10.0. The number of carbonyl (C=O) groups is 1. The molecule has 11 heteroatoms. The van der Waals surface area contributed by atoms with Crippen LogP contribution in [0, 0.1) is 0 Å². The van der Waals surface area contributed by atoms with Gasteiger partial charge in [0.25, 0.3) is 0 Å². The molecule has 1 amide bonds. The summed E-state index contributed by atoms with van der Waals surface area (Å²) in [5.74, 6) is -0.519. The van der Waals surface area contributed by atoms with E-state index in [1.54, 1.807) is 0 Å². The number of anilines is 3. The first kappa shape index (κ1) is 23.9. The summed E-state index contributed by atoms with van der Waals surface area (Å²) < 4.78 is 65.1. The van der Waals surface area contributed by atoms with Crippen molar-refractivity contribution in [3.63, 3.8) is 0 Å². The van der Waals surface area contributed by atoms with E-state index in [4.69, 9.17) is 0 Å². The third-order valence-corrected chi connectivity index (χ3v) is 6.92. The molecule has 3 rings (SSSR count). The minimum atomic E-state index is -4.50. The fourth-order valence-electron chi connectivity index (χ4n) is 3.41. The summed E-state index contributed by atoms with van der Waals surface area (Å²) in [4.78, 5) is 14.4. The van der Waals surface area contributed by atoms with Crippen LogP contribution < -0.4 is 15.5 Å². The highest BCUT2D eigenvalue weighted by atomic mass is 32.2. The molecule has 7 nitrogen and oxygen atoms in total. The van der Waals surface area contributed by atoms with Crippen LogP contribution in [0.4, 0.5) is 30.2 Å². The van der Waals surface area contributed by atoms with Gasteiger partial charge in [0.05, 0.1) is 28.4 Å². The Bertz CT molecular complexity index is 1080. The monoisotopic (exact) mass is 470 g/mol. The van der Waals surface area contributed by atoms with Gasteiger partial charge < -0.3 is 15.5 Å². The van der Waals surface area contributed by atoms with E-state index in [0.717, 1.165) is 42.4 Å². The number of halogens is 3. The average molecular weight is 471 g/mol. The lowest BCUT2D eigenvalue weighted by molar-refractivity contribution is -0.137. The molecule has 174 valence electrons. The van der Waals surface area contributed by atoms with E-state index >= 15 is 0 Å². The molecule has 1 heterocycles. The molecule has 0 saturated carbocycles. The van der Waals surface area contributed by atoms with E-state index in [9.17, 15) is 26.4 Å². The van der Waals surface area contributed by atoms with Crippen LogP contribution in [0.1, 0.15) is 18.4 Å². The summed E-state index contributed by atoms with van der Waals surface area (Å²) in [6.07, 6.45) is -2.60. The molecule has 2 aromatic rings. The highest BCUT2D eigenvalue weighted by Crippen LogP contribution is 2.36. The molecule has 1 aliphatic rings. The molecule has 0 aliphatic carbocycles. The van der Waals surface area contributed by atoms with Crippen molar-refractivity contribution in [2.75, 3.05) is 49.3 Å². The van der Waals surface area contributed by atoms with Crippen LogP contribution in [0.25, 0.3) is 0 Å². The fraction of sp³-hybridized carbons (Fsp3) is 0.381. The zero-order chi connectivity index (χ0) is 23.5. The topological polar surface area (TPSA) is 81.8 Å². The van der Waals surface area contributed by atoms with Gasteiger partial charge >= 0.3 is 6.18 Å². The van der Waals surface area contributed by atoms with Crippen molar-refractivity contribution in [1.29, 1.82) is 0 Å². The molecule has 2 N–H and O–H groups in total. The lowest BCUT2D eigenvalue weighted by Crippen LogP contribution is -2.25. The second kappa shape index (κ2) is 9.37. The Kier molecular flexibility index (Phi) is 6.99. The molecular weight excluding hydrogens is 445 g/mol. The summed E-state index contributed by atoms with van der Waals surface area (Å²) in [6.45, 7) is 1.19. The molecule has 32 heavy (non-hydrogen) atoms. The standard InChI is InChI=1S/C21H25F3N4O3S/c1-27(2)32(30,31)17-7-5-6-16(13-17)26-20(29)14-25-18-12-15(21(22,23)24)8-9-19(18)28-10-3-4-11-28/h5-9,12-13,25H,3-4,10-11,14H2,1-2H3,(H,26,29). The fourth-order valence-corrected chi connectivity index (χ4v) is 4.36. The maximum Gasteiger partial charge on any atom is 0.416 e. The number of hydrogen-bond acceptors (Lipinski definition) is 5. The minimum absolute atomic E-state index is 0.0162. The largest absolute Gasteiger partial charge is 0.416 e. The maximum absolute atomic E-state index is 13.2. The summed E-state index contributed by atoms with van der Waals surface area (Å²) in [6, 6.07) is 9.23. The maximum atomic E-state index is 13.2. The molecule has 1 saturated heterocycles. The van der Waals surface area contributed by atoms with E-state index in [0.29, 0.717) is 5.69 Å². The molecule has 0 unspecified atom stereocenters. The van der Waals surface area contributed by atoms with Gasteiger partial charge in [-0.2, -0.15) is 13.2 Å². The van der Waals surface area contributed by atoms with Crippen LogP contribution >= 0.6 is 0 Å². The Morgan fingerprint density at radius 2 is 1.78 bits per heavy atom. The van der Waals surface area contributed by atoms with Crippen molar-refractivity contribution in [2.45, 2.75) is 23.9 Å². The van der Waals surface area contributed by atoms with Gasteiger partial charge in [0.15, 0.2) is 0 Å². The summed E-state index contributed by atoms with van der Waals surface area (Å²) >= 11 is 0. The summed E-state index contributed by atoms with van der Waals surface area (Å²) in [5, 5.41) is 5.38. The molecule has 0 atom stereocenters. The zero-order valence-electron chi connectivity index (χ0n) is 17.7. The number of amides is 1. The highest BCUT2D eigenvalue weighted by Gasteiger charge is 2.31. The van der Waals surface area contributed by atoms with Gasteiger partial charge in [-0.1, -0.05) is 6.07 Å². The summed E-state index contributed by atoms with van der Waals surface area (Å²) in [7, 11) is -0.869. The second-order valence-electron chi connectivity index (χ2n) is 7.64. The van der Waals surface area contributed by atoms with Crippen molar-refractivity contribution in [2.24, 2.45) is 0 Å². The SMILES string of the molecule is CN(C)S(=O)(=O)c1cccc(NC(=O)CNc2cc(C(F)(F)F)ccc2N2CCCC2)c1. The lowest BCUT2D eigenvalue weighted by Gasteiger charge is -2.23. The van der Waals surface area contributed by atoms with Gasteiger partial charge in [-0.15, -0.1) is 0 Å². The van der Waals surface area contributed by atoms with E-state index in [1.807, 2.05) is 4.90 Å². The van der Waals surface area contributed by atoms with Crippen molar-refractivity contribution in [1.82, 2.24) is 4.31 Å². The van der Waals surface area contributed by atoms with Crippen LogP contribution in [0.5, 0.6) is 0 Å². The van der Waals surface area contributed by atoms with Crippen molar-refractivity contribution < 1.29 is 26.4 Å². The van der Waals surface area contributed by atoms with Crippen LogP contribution in [0.2, 0.25) is 0 Å². The second-order valence-corrected chi connectivity index (χ2v) is 9.79. The van der Waals surface area contributed by atoms with Gasteiger partial charge in [0, 0.05) is 32.9 Å². The molecule has 0 radical (unpaired) electrons. The minimum Gasteiger partial charge on any atom is -0.374 e. The number of alkyl halides is 3. The molecule has 1 fully saturated rings. The molecule has 0 spiro atoms. The van der Waals surface area contributed by atoms with Gasteiger partial charge in [-0.05, 0) is 49.2 Å². The Hall–Kier alpha value is -2.79. The number of carbonyl (C=O) groups excluding carboxylic acids is 1. The number of nitrogens with one attached hydrogen (secondary N) is 2. The van der Waals surface area contributed by atoms with Crippen LogP contribution in [0.15, 0.2) is 47.4 Å². The first-order chi connectivity index (χ1) is 15.0. The van der Waals surface area contributed by atoms with E-state index < -0.39 is 27.7 Å². The van der Waals surface area contributed by atoms with Crippen LogP contribution in [-0.2, 0) is 21.0 Å². The lowest BCUT2D eigenvalue weighted by atomic mass is 10.1. The molecule has 0 aromatic heterocycles. The number of rotatable bonds is 7. The van der Waals surface area contributed by atoms with Crippen LogP contribution in [-0.4, -0.2) is 52.4 Å². The Morgan fingerprint density at radius 1 is 1.09 bits per heavy atom. The van der Waals surface area contributed by atoms with E-state index in [-0.39, 0.29) is 22.8 Å². The Labute approximate surface area is 185 Å². The third-order valence-electron chi connectivity index (χ3n) is 5.11. The summed E-state index contributed by atoms with van der Waals surface area (Å²) in [5.41, 5.74) is 0.302. The normalized spacial score (nSPS) is 14.6. The number of hydrogen-bond donors (Lipinski definition) is 2. The van der Waals surface area contributed by atoms with Crippen LogP contribution in [0.3, 0.4) is 0 Å². The van der Waals surface area contributed by atoms with Crippen molar-refractivity contribution in [3.05, 3.63) is 48.0 Å². The van der Waals surface area contributed by atoms with Crippen molar-refractivity contribution >= 4 is 33.0 Å². The van der Waals surface area contributed by atoms with Gasteiger partial charge in [0.1, 0.15) is 0 Å². The number of sulfonamides is 1. The average Bonchev–Trinajstić information content (AvgIpc) is 3.26. The zero-order valence-corrected chi connectivity index (χ0v) is 18.6. The first-order valence-corrected chi connectivity index (χ1v) is 11.4. The number of benzene rings is 2. The third kappa shape index (κ3) is 5.52. The Balaban J connectivity index is 1.74. The van der Waals surface area contributed by atoms with Gasteiger partial charge in [0.2, 0.25) is 15.9 Å². The quantitative estimate of drug-likeness (QED) is 0.646. The molecule has 1 aliphatic heterocycles. The van der Waals surface area contributed by atoms with E-state index in [1.165, 1.54) is 44.4 Å². The smallest absolute Gasteiger partial charge is 0.374 e. The Morgan fingerprint density at radius 3 is 2.41 bits per heavy atom. The highest BCUT2D eigenvalue weighted by molar-refractivity contribution is 7.89. The predicted molar refractivity (Wildman–Crippen MR) is 117 cm³/mol. The number of nitrogens with zero attached hydrogens (tertiary/aromatic N) is 2. The molecule has 2 aromatic carbocycles. The van der Waals surface area contributed by atoms with Gasteiger partial charge in [-0.25, -0.2) is 12.7 Å². The van der Waals surface area contributed by atoms with E-state index in [2.05, 4.69) is 10.6 Å². The molecular formula is C21H25F3N4O3S. The molecule has 0 bridgehead atoms. The van der Waals surface area contributed by atoms with Crippen molar-refractivity contribution in [3.8, 4) is 0 Å².